The van der Waals surface area contributed by atoms with Crippen molar-refractivity contribution < 1.29 is 4.74 Å². The Morgan fingerprint density at radius 3 is 2.67 bits per heavy atom. The van der Waals surface area contributed by atoms with Crippen molar-refractivity contribution in [3.05, 3.63) is 6.92 Å². The molecule has 2 heteroatoms. The van der Waals surface area contributed by atoms with E-state index >= 15 is 0 Å². The Balaban J connectivity index is 3.09. The smallest absolute Gasteiger partial charge is 0.0465 e. The maximum absolute atomic E-state index is 5.43. The first kappa shape index (κ1) is 8.92. The Kier molecular flexibility index (Phi) is 5.99. The number of hydrogen-bond acceptors (Lipinski definition) is 2. The summed E-state index contributed by atoms with van der Waals surface area (Å²) in [5, 5.41) is 0. The monoisotopic (exact) mass is 130 g/mol. The Morgan fingerprint density at radius 2 is 2.33 bits per heavy atom. The molecule has 0 aromatic heterocycles. The van der Waals surface area contributed by atoms with Crippen LogP contribution in [0, 0.1) is 12.8 Å². The Bertz CT molecular complexity index is 52.9. The lowest BCUT2D eigenvalue weighted by molar-refractivity contribution is 0.178. The van der Waals surface area contributed by atoms with Crippen LogP contribution in [0.25, 0.3) is 0 Å². The fraction of sp³-hybridized carbons (Fsp3) is 0.857. The van der Waals surface area contributed by atoms with E-state index in [1.165, 1.54) is 0 Å². The van der Waals surface area contributed by atoms with Gasteiger partial charge in [0, 0.05) is 13.7 Å². The highest BCUT2D eigenvalue weighted by atomic mass is 16.5. The molecule has 0 bridgehead atoms. The maximum atomic E-state index is 5.43. The van der Waals surface area contributed by atoms with E-state index in [4.69, 9.17) is 10.5 Å². The van der Waals surface area contributed by atoms with Gasteiger partial charge in [-0.15, -0.1) is 0 Å². The van der Waals surface area contributed by atoms with E-state index < -0.39 is 0 Å². The van der Waals surface area contributed by atoms with E-state index in [9.17, 15) is 0 Å². The summed E-state index contributed by atoms with van der Waals surface area (Å²) in [6.45, 7) is 5.31. The number of nitrogens with two attached hydrogens (primary N) is 1. The van der Waals surface area contributed by atoms with Gasteiger partial charge >= 0.3 is 0 Å². The molecule has 0 aromatic rings. The van der Waals surface area contributed by atoms with Gasteiger partial charge in [-0.1, -0.05) is 6.92 Å². The molecule has 1 radical (unpaired) electrons. The Labute approximate surface area is 57.4 Å². The van der Waals surface area contributed by atoms with E-state index in [0.29, 0.717) is 5.92 Å². The van der Waals surface area contributed by atoms with E-state index in [0.717, 1.165) is 26.0 Å². The molecule has 0 fully saturated rings. The highest BCUT2D eigenvalue weighted by molar-refractivity contribution is 4.59. The normalized spacial score (nSPS) is 13.7. The van der Waals surface area contributed by atoms with Gasteiger partial charge in [-0.2, -0.15) is 0 Å². The van der Waals surface area contributed by atoms with Gasteiger partial charge in [0.2, 0.25) is 0 Å². The summed E-state index contributed by atoms with van der Waals surface area (Å²) < 4.78 is 4.89. The zero-order valence-electron chi connectivity index (χ0n) is 6.10. The minimum Gasteiger partial charge on any atom is -0.385 e. The summed E-state index contributed by atoms with van der Waals surface area (Å²) >= 11 is 0. The van der Waals surface area contributed by atoms with Crippen molar-refractivity contribution in [3.63, 3.8) is 0 Å². The molecule has 1 atom stereocenters. The van der Waals surface area contributed by atoms with Gasteiger partial charge in [-0.05, 0) is 25.3 Å². The van der Waals surface area contributed by atoms with Gasteiger partial charge in [-0.25, -0.2) is 0 Å². The molecule has 2 N–H and O–H groups in total. The molecule has 0 saturated carbocycles. The first-order chi connectivity index (χ1) is 4.35. The molecule has 0 aliphatic carbocycles. The maximum Gasteiger partial charge on any atom is 0.0465 e. The average Bonchev–Trinajstić information content (AvgIpc) is 1.91. The molecule has 0 heterocycles. The summed E-state index contributed by atoms with van der Waals surface area (Å²) in [4.78, 5) is 0. The van der Waals surface area contributed by atoms with Crippen LogP contribution in [-0.2, 0) is 4.74 Å². The van der Waals surface area contributed by atoms with Gasteiger partial charge in [0.15, 0.2) is 0 Å². The first-order valence-corrected chi connectivity index (χ1v) is 3.33. The number of rotatable bonds is 5. The predicted octanol–water partition coefficient (Wildman–Crippen LogP) is 0.822. The van der Waals surface area contributed by atoms with Gasteiger partial charge < -0.3 is 10.5 Å². The van der Waals surface area contributed by atoms with Gasteiger partial charge in [0.25, 0.3) is 0 Å². The van der Waals surface area contributed by atoms with Crippen LogP contribution >= 0.6 is 0 Å². The van der Waals surface area contributed by atoms with Crippen LogP contribution in [0.2, 0.25) is 0 Å². The summed E-state index contributed by atoms with van der Waals surface area (Å²) in [7, 11) is 1.71. The molecule has 0 rings (SSSR count). The second-order valence-corrected chi connectivity index (χ2v) is 2.17. The van der Waals surface area contributed by atoms with Crippen LogP contribution in [0.3, 0.4) is 0 Å². The average molecular weight is 130 g/mol. The molecule has 55 valence electrons. The van der Waals surface area contributed by atoms with E-state index in [1.807, 2.05) is 0 Å². The van der Waals surface area contributed by atoms with Crippen LogP contribution in [0.15, 0.2) is 0 Å². The van der Waals surface area contributed by atoms with E-state index in [2.05, 4.69) is 6.92 Å². The van der Waals surface area contributed by atoms with Crippen molar-refractivity contribution in [2.75, 3.05) is 20.3 Å². The molecular weight excluding hydrogens is 114 g/mol. The molecule has 1 unspecified atom stereocenters. The third-order valence-corrected chi connectivity index (χ3v) is 1.47. The van der Waals surface area contributed by atoms with E-state index in [1.54, 1.807) is 7.11 Å². The molecule has 0 saturated heterocycles. The zero-order valence-corrected chi connectivity index (χ0v) is 6.10. The van der Waals surface area contributed by atoms with Crippen LogP contribution in [-0.4, -0.2) is 20.3 Å². The second kappa shape index (κ2) is 6.05. The highest BCUT2D eigenvalue weighted by Crippen LogP contribution is 2.04. The van der Waals surface area contributed by atoms with Gasteiger partial charge in [0.05, 0.1) is 0 Å². The Hall–Kier alpha value is -0.0800. The van der Waals surface area contributed by atoms with Crippen LogP contribution < -0.4 is 5.73 Å². The summed E-state index contributed by atoms with van der Waals surface area (Å²) in [6.07, 6.45) is 1.95. The lowest BCUT2D eigenvalue weighted by Crippen LogP contribution is -2.15. The van der Waals surface area contributed by atoms with Crippen molar-refractivity contribution in [3.8, 4) is 0 Å². The van der Waals surface area contributed by atoms with Crippen LogP contribution in [0.5, 0.6) is 0 Å². The lowest BCUT2D eigenvalue weighted by Gasteiger charge is -2.09. The number of ether oxygens (including phenoxy) is 1. The molecule has 0 aromatic carbocycles. The van der Waals surface area contributed by atoms with Crippen molar-refractivity contribution in [1.82, 2.24) is 0 Å². The minimum atomic E-state index is 0.546. The fourth-order valence-electron chi connectivity index (χ4n) is 0.665. The third-order valence-electron chi connectivity index (χ3n) is 1.47. The molecular formula is C7H16NO. The van der Waals surface area contributed by atoms with Crippen molar-refractivity contribution in [2.45, 2.75) is 12.8 Å². The fourth-order valence-corrected chi connectivity index (χ4v) is 0.665. The third kappa shape index (κ3) is 4.43. The largest absolute Gasteiger partial charge is 0.385 e. The van der Waals surface area contributed by atoms with Gasteiger partial charge in [0.1, 0.15) is 0 Å². The summed E-state index contributed by atoms with van der Waals surface area (Å²) in [5.74, 6) is 0.546. The number of methoxy groups -OCH3 is 1. The molecule has 0 amide bonds. The molecule has 9 heavy (non-hydrogen) atoms. The summed E-state index contributed by atoms with van der Waals surface area (Å²) in [5.41, 5.74) is 5.43. The van der Waals surface area contributed by atoms with Crippen molar-refractivity contribution in [1.29, 1.82) is 0 Å². The lowest BCUT2D eigenvalue weighted by atomic mass is 10.0. The van der Waals surface area contributed by atoms with E-state index in [-0.39, 0.29) is 0 Å². The van der Waals surface area contributed by atoms with Crippen LogP contribution in [0.4, 0.5) is 0 Å². The molecule has 0 aliphatic heterocycles. The number of hydrogen-bond donors (Lipinski definition) is 1. The predicted molar refractivity (Wildman–Crippen MR) is 39.0 cm³/mol. The van der Waals surface area contributed by atoms with Crippen LogP contribution in [0.1, 0.15) is 12.8 Å². The second-order valence-electron chi connectivity index (χ2n) is 2.17. The molecule has 0 aliphatic rings. The van der Waals surface area contributed by atoms with Crippen molar-refractivity contribution in [2.24, 2.45) is 11.7 Å². The SMILES string of the molecule is [CH2]CC(CN)CCOC. The zero-order chi connectivity index (χ0) is 7.11. The minimum absolute atomic E-state index is 0.546. The van der Waals surface area contributed by atoms with Gasteiger partial charge in [-0.3, -0.25) is 0 Å². The topological polar surface area (TPSA) is 35.2 Å². The molecule has 2 nitrogen and oxygen atoms in total. The molecule has 0 spiro atoms. The standard InChI is InChI=1S/C7H16NO/c1-3-7(6-8)4-5-9-2/h7H,1,3-6,8H2,2H3. The Morgan fingerprint density at radius 1 is 1.67 bits per heavy atom. The quantitative estimate of drug-likeness (QED) is 0.598. The van der Waals surface area contributed by atoms with Crippen molar-refractivity contribution >= 4 is 0 Å². The summed E-state index contributed by atoms with van der Waals surface area (Å²) in [6, 6.07) is 0. The highest BCUT2D eigenvalue weighted by Gasteiger charge is 2.01. The first-order valence-electron chi connectivity index (χ1n) is 3.33.